The van der Waals surface area contributed by atoms with Crippen LogP contribution in [0.4, 0.5) is 17.1 Å². The van der Waals surface area contributed by atoms with Crippen molar-refractivity contribution in [1.29, 1.82) is 0 Å². The van der Waals surface area contributed by atoms with Crippen molar-refractivity contribution in [3.05, 3.63) is 186 Å². The Balaban J connectivity index is 1.11. The first-order valence-electron chi connectivity index (χ1n) is 16.8. The van der Waals surface area contributed by atoms with Gasteiger partial charge in [0.25, 0.3) is 0 Å². The van der Waals surface area contributed by atoms with Crippen molar-refractivity contribution in [2.24, 2.45) is 0 Å². The quantitative estimate of drug-likeness (QED) is 0.179. The normalized spacial score (nSPS) is 12.8. The Morgan fingerprint density at radius 3 is 1.44 bits per heavy atom. The molecule has 232 valence electrons. The van der Waals surface area contributed by atoms with E-state index in [-0.39, 0.29) is 5.41 Å². The van der Waals surface area contributed by atoms with Gasteiger partial charge in [-0.1, -0.05) is 141 Å². The molecule has 7 aromatic carbocycles. The molecule has 0 amide bonds. The van der Waals surface area contributed by atoms with Gasteiger partial charge in [-0.25, -0.2) is 0 Å². The van der Waals surface area contributed by atoms with Crippen LogP contribution in [0.1, 0.15) is 36.1 Å². The topological polar surface area (TPSA) is 3.24 Å². The lowest BCUT2D eigenvalue weighted by Crippen LogP contribution is -2.16. The number of aryl methyl sites for hydroxylation is 2. The second-order valence-corrected chi connectivity index (χ2v) is 13.6. The average Bonchev–Trinajstić information content (AvgIpc) is 3.35. The summed E-state index contributed by atoms with van der Waals surface area (Å²) in [5.41, 5.74) is 18.7. The van der Waals surface area contributed by atoms with E-state index in [2.05, 4.69) is 196 Å². The van der Waals surface area contributed by atoms with E-state index in [0.717, 1.165) is 5.69 Å². The molecular formula is C47H39N. The lowest BCUT2D eigenvalue weighted by Gasteiger charge is -2.28. The van der Waals surface area contributed by atoms with Gasteiger partial charge in [-0.15, -0.1) is 0 Å². The molecule has 1 nitrogen and oxygen atoms in total. The van der Waals surface area contributed by atoms with Crippen molar-refractivity contribution >= 4 is 17.1 Å². The zero-order valence-corrected chi connectivity index (χ0v) is 28.0. The van der Waals surface area contributed by atoms with Crippen molar-refractivity contribution < 1.29 is 0 Å². The minimum absolute atomic E-state index is 0.136. The highest BCUT2D eigenvalue weighted by Gasteiger charge is 2.36. The summed E-state index contributed by atoms with van der Waals surface area (Å²) >= 11 is 0. The smallest absolute Gasteiger partial charge is 0.0465 e. The molecule has 1 aliphatic carbocycles. The van der Waals surface area contributed by atoms with Crippen LogP contribution < -0.4 is 4.90 Å². The van der Waals surface area contributed by atoms with E-state index < -0.39 is 0 Å². The van der Waals surface area contributed by atoms with Crippen LogP contribution in [0, 0.1) is 13.8 Å². The SMILES string of the molecule is Cc1ccc(N(c2cccc(C)c2)c2ccc3c(c2)C(C)(C)c2cc(-c4ccc(-c5ccc(-c6ccccc6)cc5)cc4)ccc2-3)cc1. The van der Waals surface area contributed by atoms with Crippen molar-refractivity contribution in [1.82, 2.24) is 0 Å². The molecule has 48 heavy (non-hydrogen) atoms. The van der Waals surface area contributed by atoms with E-state index in [1.165, 1.54) is 78.1 Å². The van der Waals surface area contributed by atoms with Gasteiger partial charge in [-0.05, 0) is 118 Å². The number of fused-ring (bicyclic) bond motifs is 3. The summed E-state index contributed by atoms with van der Waals surface area (Å²) < 4.78 is 0. The second-order valence-electron chi connectivity index (χ2n) is 13.6. The summed E-state index contributed by atoms with van der Waals surface area (Å²) in [5, 5.41) is 0. The van der Waals surface area contributed by atoms with Crippen LogP contribution in [-0.4, -0.2) is 0 Å². The fourth-order valence-corrected chi connectivity index (χ4v) is 7.29. The molecule has 0 aliphatic heterocycles. The zero-order chi connectivity index (χ0) is 32.8. The van der Waals surface area contributed by atoms with Crippen LogP contribution in [0.15, 0.2) is 164 Å². The zero-order valence-electron chi connectivity index (χ0n) is 28.0. The van der Waals surface area contributed by atoms with E-state index >= 15 is 0 Å². The Kier molecular flexibility index (Phi) is 7.34. The maximum atomic E-state index is 2.41. The summed E-state index contributed by atoms with van der Waals surface area (Å²) in [6.45, 7) is 9.05. The molecule has 0 aromatic heterocycles. The van der Waals surface area contributed by atoms with E-state index in [1.54, 1.807) is 0 Å². The third-order valence-electron chi connectivity index (χ3n) is 10.0. The number of anilines is 3. The van der Waals surface area contributed by atoms with Crippen LogP contribution in [0.25, 0.3) is 44.5 Å². The Morgan fingerprint density at radius 1 is 0.354 bits per heavy atom. The predicted octanol–water partition coefficient (Wildman–Crippen LogP) is 13.1. The van der Waals surface area contributed by atoms with Gasteiger partial charge < -0.3 is 4.90 Å². The van der Waals surface area contributed by atoms with Gasteiger partial charge in [0, 0.05) is 22.5 Å². The maximum Gasteiger partial charge on any atom is 0.0465 e. The highest BCUT2D eigenvalue weighted by molar-refractivity contribution is 5.87. The van der Waals surface area contributed by atoms with Crippen molar-refractivity contribution in [2.45, 2.75) is 33.1 Å². The van der Waals surface area contributed by atoms with Crippen LogP contribution >= 0.6 is 0 Å². The molecule has 0 heterocycles. The highest BCUT2D eigenvalue weighted by atomic mass is 15.1. The molecule has 0 radical (unpaired) electrons. The van der Waals surface area contributed by atoms with Crippen LogP contribution in [0.5, 0.6) is 0 Å². The van der Waals surface area contributed by atoms with E-state index in [4.69, 9.17) is 0 Å². The fraction of sp³-hybridized carbons (Fsp3) is 0.106. The Morgan fingerprint density at radius 2 is 0.833 bits per heavy atom. The average molecular weight is 618 g/mol. The third kappa shape index (κ3) is 5.32. The highest BCUT2D eigenvalue weighted by Crippen LogP contribution is 2.51. The number of hydrogen-bond donors (Lipinski definition) is 0. The molecule has 0 saturated heterocycles. The largest absolute Gasteiger partial charge is 0.310 e. The van der Waals surface area contributed by atoms with E-state index in [9.17, 15) is 0 Å². The lowest BCUT2D eigenvalue weighted by atomic mass is 9.81. The Labute approximate surface area is 284 Å². The summed E-state index contributed by atoms with van der Waals surface area (Å²) in [6.07, 6.45) is 0. The molecule has 0 N–H and O–H groups in total. The molecular weight excluding hydrogens is 579 g/mol. The third-order valence-corrected chi connectivity index (χ3v) is 10.0. The summed E-state index contributed by atoms with van der Waals surface area (Å²) in [5.74, 6) is 0. The lowest BCUT2D eigenvalue weighted by molar-refractivity contribution is 0.660. The number of benzene rings is 7. The first-order valence-corrected chi connectivity index (χ1v) is 16.8. The van der Waals surface area contributed by atoms with E-state index in [1.807, 2.05) is 0 Å². The van der Waals surface area contributed by atoms with Gasteiger partial charge in [-0.3, -0.25) is 0 Å². The van der Waals surface area contributed by atoms with Crippen LogP contribution in [0.3, 0.4) is 0 Å². The number of hydrogen-bond acceptors (Lipinski definition) is 1. The van der Waals surface area contributed by atoms with Crippen molar-refractivity contribution in [3.63, 3.8) is 0 Å². The summed E-state index contributed by atoms with van der Waals surface area (Å²) in [6, 6.07) is 60.1. The Hall–Kier alpha value is -5.66. The number of nitrogens with zero attached hydrogens (tertiary/aromatic N) is 1. The fourth-order valence-electron chi connectivity index (χ4n) is 7.29. The van der Waals surface area contributed by atoms with Gasteiger partial charge in [-0.2, -0.15) is 0 Å². The molecule has 0 unspecified atom stereocenters. The molecule has 7 aromatic rings. The van der Waals surface area contributed by atoms with Gasteiger partial charge in [0.2, 0.25) is 0 Å². The Bertz CT molecular complexity index is 2240. The van der Waals surface area contributed by atoms with Gasteiger partial charge in [0.15, 0.2) is 0 Å². The van der Waals surface area contributed by atoms with Gasteiger partial charge >= 0.3 is 0 Å². The molecule has 0 fully saturated rings. The number of rotatable bonds is 6. The molecule has 0 spiro atoms. The molecule has 1 heteroatoms. The van der Waals surface area contributed by atoms with Gasteiger partial charge in [0.05, 0.1) is 0 Å². The van der Waals surface area contributed by atoms with Crippen LogP contribution in [0.2, 0.25) is 0 Å². The minimum Gasteiger partial charge on any atom is -0.310 e. The molecule has 8 rings (SSSR count). The summed E-state index contributed by atoms with van der Waals surface area (Å²) in [4.78, 5) is 2.38. The molecule has 0 atom stereocenters. The first-order chi connectivity index (χ1) is 23.3. The second kappa shape index (κ2) is 11.9. The van der Waals surface area contributed by atoms with Gasteiger partial charge in [0.1, 0.15) is 0 Å². The van der Waals surface area contributed by atoms with Crippen molar-refractivity contribution in [3.8, 4) is 44.5 Å². The first kappa shape index (κ1) is 29.7. The minimum atomic E-state index is -0.136. The standard InChI is InChI=1S/C47H39N/c1-32-13-24-40(25-14-32)48(41-12-8-9-33(2)29-41)42-26-28-44-43-27-23-39(30-45(43)47(3,4)46(44)31-42)38-21-19-37(20-22-38)36-17-15-35(16-18-36)34-10-6-5-7-11-34/h5-31H,1-4H3. The molecule has 0 bridgehead atoms. The van der Waals surface area contributed by atoms with Crippen LogP contribution in [-0.2, 0) is 5.41 Å². The van der Waals surface area contributed by atoms with E-state index in [0.29, 0.717) is 0 Å². The summed E-state index contributed by atoms with van der Waals surface area (Å²) in [7, 11) is 0. The predicted molar refractivity (Wildman–Crippen MR) is 204 cm³/mol. The van der Waals surface area contributed by atoms with Crippen molar-refractivity contribution in [2.75, 3.05) is 4.90 Å². The maximum absolute atomic E-state index is 2.41. The molecule has 1 aliphatic rings. The monoisotopic (exact) mass is 617 g/mol. The molecule has 0 saturated carbocycles.